The van der Waals surface area contributed by atoms with Crippen LogP contribution in [-0.2, 0) is 5.75 Å². The molecule has 0 bridgehead atoms. The summed E-state index contributed by atoms with van der Waals surface area (Å²) in [6.07, 6.45) is 0. The van der Waals surface area contributed by atoms with Crippen molar-refractivity contribution in [1.29, 1.82) is 0 Å². The van der Waals surface area contributed by atoms with Gasteiger partial charge in [-0.3, -0.25) is 0 Å². The molecule has 0 aliphatic rings. The number of benzene rings is 1. The van der Waals surface area contributed by atoms with Gasteiger partial charge in [-0.2, -0.15) is 5.10 Å². The largest absolute Gasteiger partial charge is 0.422 e. The van der Waals surface area contributed by atoms with Crippen LogP contribution in [-0.4, -0.2) is 24.7 Å². The monoisotopic (exact) mass is 396 g/mol. The zero-order valence-corrected chi connectivity index (χ0v) is 16.9. The molecule has 0 aliphatic heterocycles. The minimum Gasteiger partial charge on any atom is -0.422 e. The van der Waals surface area contributed by atoms with E-state index >= 15 is 0 Å². The van der Waals surface area contributed by atoms with Crippen LogP contribution in [0.3, 0.4) is 0 Å². The third-order valence-corrected chi connectivity index (χ3v) is 5.71. The van der Waals surface area contributed by atoms with Crippen LogP contribution >= 0.6 is 11.8 Å². The molecule has 0 saturated carbocycles. The first-order valence-corrected chi connectivity index (χ1v) is 9.73. The van der Waals surface area contributed by atoms with Crippen molar-refractivity contribution >= 4 is 22.7 Å². The van der Waals surface area contributed by atoms with Crippen LogP contribution in [0.25, 0.3) is 16.9 Å². The number of aromatic nitrogens is 5. The Morgan fingerprint density at radius 1 is 1.14 bits per heavy atom. The SMILES string of the molecule is Cc1cc(C)n(-c2nnc(SCc3cc(=O)oc4c(C)c(C)ccc34)n2N)n1. The molecule has 3 heterocycles. The van der Waals surface area contributed by atoms with Gasteiger partial charge in [0.05, 0.1) is 5.69 Å². The van der Waals surface area contributed by atoms with E-state index in [1.165, 1.54) is 22.5 Å². The minimum absolute atomic E-state index is 0.366. The Bertz CT molecular complexity index is 1250. The lowest BCUT2D eigenvalue weighted by Gasteiger charge is -2.09. The minimum atomic E-state index is -0.366. The number of fused-ring (bicyclic) bond motifs is 1. The summed E-state index contributed by atoms with van der Waals surface area (Å²) in [7, 11) is 0. The lowest BCUT2D eigenvalue weighted by atomic mass is 10.0. The van der Waals surface area contributed by atoms with Crippen LogP contribution in [0.4, 0.5) is 0 Å². The maximum absolute atomic E-state index is 12.0. The third-order valence-electron chi connectivity index (χ3n) is 4.72. The summed E-state index contributed by atoms with van der Waals surface area (Å²) in [6.45, 7) is 7.79. The summed E-state index contributed by atoms with van der Waals surface area (Å²) >= 11 is 1.40. The highest BCUT2D eigenvalue weighted by Crippen LogP contribution is 2.28. The van der Waals surface area contributed by atoms with Crippen molar-refractivity contribution in [3.05, 3.63) is 62.8 Å². The number of hydrogen-bond donors (Lipinski definition) is 1. The van der Waals surface area contributed by atoms with Crippen molar-refractivity contribution in [2.45, 2.75) is 38.6 Å². The lowest BCUT2D eigenvalue weighted by molar-refractivity contribution is 0.557. The first-order chi connectivity index (χ1) is 13.3. The highest BCUT2D eigenvalue weighted by atomic mass is 32.2. The van der Waals surface area contributed by atoms with E-state index in [0.29, 0.717) is 22.4 Å². The van der Waals surface area contributed by atoms with Gasteiger partial charge in [0.25, 0.3) is 5.95 Å². The van der Waals surface area contributed by atoms with E-state index in [9.17, 15) is 4.79 Å². The predicted octanol–water partition coefficient (Wildman–Crippen LogP) is 2.81. The van der Waals surface area contributed by atoms with Crippen LogP contribution in [0, 0.1) is 27.7 Å². The standard InChI is InChI=1S/C19H20N6O2S/c1-10-5-6-15-14(8-16(26)27-17(15)13(10)4)9-28-19-22-21-18(24(19)20)25-12(3)7-11(2)23-25/h5-8H,9,20H2,1-4H3. The number of nitrogen functional groups attached to an aromatic ring is 1. The van der Waals surface area contributed by atoms with Gasteiger partial charge in [0.1, 0.15) is 5.58 Å². The number of hydrogen-bond acceptors (Lipinski definition) is 7. The molecule has 0 amide bonds. The van der Waals surface area contributed by atoms with Crippen molar-refractivity contribution in [3.63, 3.8) is 0 Å². The number of rotatable bonds is 4. The van der Waals surface area contributed by atoms with Crippen LogP contribution < -0.4 is 11.5 Å². The molecule has 8 nitrogen and oxygen atoms in total. The summed E-state index contributed by atoms with van der Waals surface area (Å²) in [6, 6.07) is 7.47. The number of thioether (sulfide) groups is 1. The van der Waals surface area contributed by atoms with Gasteiger partial charge in [-0.25, -0.2) is 14.2 Å². The van der Waals surface area contributed by atoms with E-state index in [4.69, 9.17) is 10.3 Å². The molecule has 4 rings (SSSR count). The summed E-state index contributed by atoms with van der Waals surface area (Å²) in [5.41, 5.74) is 4.98. The van der Waals surface area contributed by atoms with E-state index in [0.717, 1.165) is 33.5 Å². The van der Waals surface area contributed by atoms with Crippen molar-refractivity contribution in [2.24, 2.45) is 0 Å². The van der Waals surface area contributed by atoms with Crippen LogP contribution in [0.15, 0.2) is 38.6 Å². The normalized spacial score (nSPS) is 11.4. The molecule has 28 heavy (non-hydrogen) atoms. The second-order valence-electron chi connectivity index (χ2n) is 6.75. The highest BCUT2D eigenvalue weighted by molar-refractivity contribution is 7.98. The zero-order chi connectivity index (χ0) is 20.0. The van der Waals surface area contributed by atoms with Crippen molar-refractivity contribution in [2.75, 3.05) is 5.84 Å². The van der Waals surface area contributed by atoms with Crippen LogP contribution in [0.1, 0.15) is 28.1 Å². The first-order valence-electron chi connectivity index (χ1n) is 8.75. The molecule has 0 saturated heterocycles. The fraction of sp³-hybridized carbons (Fsp3) is 0.263. The molecule has 9 heteroatoms. The number of aryl methyl sites for hydroxylation is 4. The quantitative estimate of drug-likeness (QED) is 0.321. The Balaban J connectivity index is 1.67. The molecular weight excluding hydrogens is 376 g/mol. The highest BCUT2D eigenvalue weighted by Gasteiger charge is 2.16. The van der Waals surface area contributed by atoms with Crippen LogP contribution in [0.5, 0.6) is 0 Å². The molecule has 0 atom stereocenters. The van der Waals surface area contributed by atoms with Crippen molar-refractivity contribution in [3.8, 4) is 5.95 Å². The number of nitrogens with two attached hydrogens (primary N) is 1. The number of nitrogens with zero attached hydrogens (tertiary/aromatic N) is 5. The van der Waals surface area contributed by atoms with Gasteiger partial charge in [0.2, 0.25) is 5.16 Å². The average Bonchev–Trinajstić information content (AvgIpc) is 3.17. The Hall–Kier alpha value is -3.07. The summed E-state index contributed by atoms with van der Waals surface area (Å²) in [4.78, 5) is 12.0. The average molecular weight is 396 g/mol. The van der Waals surface area contributed by atoms with Gasteiger partial charge in [-0.05, 0) is 50.5 Å². The molecule has 0 fully saturated rings. The Labute approximate surface area is 165 Å². The third kappa shape index (κ3) is 3.07. The maximum Gasteiger partial charge on any atom is 0.336 e. The van der Waals surface area contributed by atoms with Gasteiger partial charge < -0.3 is 10.3 Å². The molecule has 1 aromatic carbocycles. The molecule has 4 aromatic rings. The van der Waals surface area contributed by atoms with Gasteiger partial charge >= 0.3 is 5.63 Å². The molecule has 144 valence electrons. The van der Waals surface area contributed by atoms with Crippen molar-refractivity contribution < 1.29 is 4.42 Å². The van der Waals surface area contributed by atoms with Gasteiger partial charge in [-0.15, -0.1) is 10.2 Å². The molecule has 0 radical (unpaired) electrons. The first kappa shape index (κ1) is 18.3. The smallest absolute Gasteiger partial charge is 0.336 e. The van der Waals surface area contributed by atoms with E-state index in [2.05, 4.69) is 15.3 Å². The van der Waals surface area contributed by atoms with Crippen LogP contribution in [0.2, 0.25) is 0 Å². The van der Waals surface area contributed by atoms with E-state index in [-0.39, 0.29) is 5.63 Å². The Morgan fingerprint density at radius 3 is 2.64 bits per heavy atom. The Morgan fingerprint density at radius 2 is 1.93 bits per heavy atom. The second-order valence-corrected chi connectivity index (χ2v) is 7.70. The molecule has 2 N–H and O–H groups in total. The lowest BCUT2D eigenvalue weighted by Crippen LogP contribution is -2.17. The predicted molar refractivity (Wildman–Crippen MR) is 108 cm³/mol. The molecule has 0 spiro atoms. The summed E-state index contributed by atoms with van der Waals surface area (Å²) < 4.78 is 8.50. The van der Waals surface area contributed by atoms with Crippen molar-refractivity contribution in [1.82, 2.24) is 24.7 Å². The zero-order valence-electron chi connectivity index (χ0n) is 16.1. The fourth-order valence-corrected chi connectivity index (χ4v) is 3.97. The molecule has 0 aliphatic carbocycles. The van der Waals surface area contributed by atoms with E-state index in [1.807, 2.05) is 45.9 Å². The second kappa shape index (κ2) is 6.83. The van der Waals surface area contributed by atoms with Gasteiger partial charge in [-0.1, -0.05) is 23.9 Å². The molecular formula is C19H20N6O2S. The molecule has 0 unspecified atom stereocenters. The molecule has 3 aromatic heterocycles. The van der Waals surface area contributed by atoms with E-state index < -0.39 is 0 Å². The van der Waals surface area contributed by atoms with E-state index in [1.54, 1.807) is 4.68 Å². The van der Waals surface area contributed by atoms with Gasteiger partial charge in [0.15, 0.2) is 0 Å². The maximum atomic E-state index is 12.0. The topological polar surface area (TPSA) is 105 Å². The summed E-state index contributed by atoms with van der Waals surface area (Å²) in [5.74, 6) is 7.15. The summed E-state index contributed by atoms with van der Waals surface area (Å²) in [5, 5.41) is 14.2. The van der Waals surface area contributed by atoms with Gasteiger partial charge in [0, 0.05) is 22.9 Å². The fourth-order valence-electron chi connectivity index (χ4n) is 3.13. The Kier molecular flexibility index (Phi) is 4.46.